The van der Waals surface area contributed by atoms with Crippen molar-refractivity contribution in [2.24, 2.45) is 5.92 Å². The highest BCUT2D eigenvalue weighted by Crippen LogP contribution is 2.26. The first-order valence-corrected chi connectivity index (χ1v) is 10.9. The van der Waals surface area contributed by atoms with Crippen LogP contribution in [0.1, 0.15) is 53.5 Å². The molecule has 1 N–H and O–H groups in total. The summed E-state index contributed by atoms with van der Waals surface area (Å²) in [6, 6.07) is 6.72. The number of nitrogens with zero attached hydrogens (tertiary/aromatic N) is 2. The molecule has 1 aromatic carbocycles. The topological polar surface area (TPSA) is 62.3 Å². The Morgan fingerprint density at radius 2 is 1.89 bits per heavy atom. The number of ketones is 1. The zero-order valence-electron chi connectivity index (χ0n) is 16.3. The molecular weight excluding hydrogens is 394 g/mol. The van der Waals surface area contributed by atoms with Crippen LogP contribution in [0.4, 0.5) is 5.13 Å². The van der Waals surface area contributed by atoms with Crippen LogP contribution < -0.4 is 5.32 Å². The predicted octanol–water partition coefficient (Wildman–Crippen LogP) is 4.94. The van der Waals surface area contributed by atoms with E-state index >= 15 is 0 Å². The number of halogens is 1. The fourth-order valence-electron chi connectivity index (χ4n) is 3.24. The Balaban J connectivity index is 1.49. The first-order chi connectivity index (χ1) is 13.4. The quantitative estimate of drug-likeness (QED) is 0.645. The summed E-state index contributed by atoms with van der Waals surface area (Å²) in [4.78, 5) is 32.5. The van der Waals surface area contributed by atoms with Crippen LogP contribution in [-0.4, -0.2) is 34.7 Å². The van der Waals surface area contributed by atoms with Gasteiger partial charge in [0, 0.05) is 34.8 Å². The number of benzene rings is 1. The molecule has 5 nitrogen and oxygen atoms in total. The number of Topliss-reactive ketones (excluding diaryl/α,β-unsaturated/α-hetero) is 1. The number of aryl methyl sites for hydroxylation is 1. The summed E-state index contributed by atoms with van der Waals surface area (Å²) < 4.78 is 0. The molecule has 1 fully saturated rings. The van der Waals surface area contributed by atoms with Crippen molar-refractivity contribution in [2.45, 2.75) is 46.1 Å². The molecule has 150 valence electrons. The number of rotatable bonds is 7. The van der Waals surface area contributed by atoms with Gasteiger partial charge in [-0.3, -0.25) is 14.5 Å². The van der Waals surface area contributed by atoms with Gasteiger partial charge in [0.05, 0.1) is 5.69 Å². The Morgan fingerprint density at radius 1 is 1.21 bits per heavy atom. The van der Waals surface area contributed by atoms with Crippen molar-refractivity contribution in [3.8, 4) is 0 Å². The molecule has 0 bridgehead atoms. The van der Waals surface area contributed by atoms with Gasteiger partial charge in [0.15, 0.2) is 10.9 Å². The van der Waals surface area contributed by atoms with E-state index in [1.165, 1.54) is 29.1 Å². The largest absolute Gasteiger partial charge is 0.302 e. The summed E-state index contributed by atoms with van der Waals surface area (Å²) in [6.07, 6.45) is 2.78. The van der Waals surface area contributed by atoms with Gasteiger partial charge in [0.25, 0.3) is 0 Å². The van der Waals surface area contributed by atoms with E-state index in [9.17, 15) is 9.59 Å². The van der Waals surface area contributed by atoms with Gasteiger partial charge < -0.3 is 5.32 Å². The Kier molecular flexibility index (Phi) is 7.21. The molecule has 7 heteroatoms. The first kappa shape index (κ1) is 21.0. The second-order valence-corrected chi connectivity index (χ2v) is 8.98. The molecule has 2 aromatic rings. The predicted molar refractivity (Wildman–Crippen MR) is 114 cm³/mol. The number of piperidine rings is 1. The average molecular weight is 420 g/mol. The summed E-state index contributed by atoms with van der Waals surface area (Å²) in [6.45, 7) is 7.42. The van der Waals surface area contributed by atoms with Crippen LogP contribution >= 0.6 is 22.9 Å². The smallest absolute Gasteiger partial charge is 0.226 e. The molecule has 1 aromatic heterocycles. The molecule has 1 aliphatic heterocycles. The van der Waals surface area contributed by atoms with Gasteiger partial charge in [-0.15, -0.1) is 11.3 Å². The lowest BCUT2D eigenvalue weighted by Gasteiger charge is -2.29. The number of anilines is 1. The summed E-state index contributed by atoms with van der Waals surface area (Å²) >= 11 is 7.36. The average Bonchev–Trinajstić information content (AvgIpc) is 3.01. The fraction of sp³-hybridized carbons (Fsp3) is 0.476. The molecular formula is C21H26ClN3O2S. The Morgan fingerprint density at radius 3 is 2.57 bits per heavy atom. The van der Waals surface area contributed by atoms with Crippen molar-refractivity contribution < 1.29 is 9.59 Å². The standard InChI is InChI=1S/C21H26ClN3O2S/c1-14-9-11-25(12-10-14)13-19-15(2)23-21(28-19)24-20(27)8-7-18(26)16-3-5-17(22)6-4-16/h3-6,14H,7-13H2,1-2H3,(H,23,24,27). The summed E-state index contributed by atoms with van der Waals surface area (Å²) in [5.41, 5.74) is 1.54. The van der Waals surface area contributed by atoms with E-state index < -0.39 is 0 Å². The maximum atomic E-state index is 12.2. The van der Waals surface area contributed by atoms with Crippen LogP contribution in [0.3, 0.4) is 0 Å². The highest BCUT2D eigenvalue weighted by atomic mass is 35.5. The summed E-state index contributed by atoms with van der Waals surface area (Å²) in [5.74, 6) is 0.556. The zero-order chi connectivity index (χ0) is 20.1. The van der Waals surface area contributed by atoms with Gasteiger partial charge in [-0.05, 0) is 63.0 Å². The molecule has 0 spiro atoms. The Labute approximate surface area is 175 Å². The minimum Gasteiger partial charge on any atom is -0.302 e. The van der Waals surface area contributed by atoms with Crippen LogP contribution in [-0.2, 0) is 11.3 Å². The van der Waals surface area contributed by atoms with Gasteiger partial charge in [-0.2, -0.15) is 0 Å². The van der Waals surface area contributed by atoms with E-state index in [0.29, 0.717) is 15.7 Å². The minimum atomic E-state index is -0.186. The van der Waals surface area contributed by atoms with Crippen LogP contribution in [0.25, 0.3) is 0 Å². The second-order valence-electron chi connectivity index (χ2n) is 7.46. The van der Waals surface area contributed by atoms with Crippen LogP contribution in [0, 0.1) is 12.8 Å². The van der Waals surface area contributed by atoms with E-state index in [0.717, 1.165) is 31.2 Å². The van der Waals surface area contributed by atoms with Gasteiger partial charge in [0.2, 0.25) is 5.91 Å². The van der Waals surface area contributed by atoms with Gasteiger partial charge >= 0.3 is 0 Å². The number of nitrogens with one attached hydrogen (secondary N) is 1. The molecule has 2 heterocycles. The molecule has 3 rings (SSSR count). The molecule has 0 unspecified atom stereocenters. The molecule has 0 atom stereocenters. The number of thiazole rings is 1. The summed E-state index contributed by atoms with van der Waals surface area (Å²) in [7, 11) is 0. The van der Waals surface area contributed by atoms with Crippen LogP contribution in [0.2, 0.25) is 5.02 Å². The molecule has 28 heavy (non-hydrogen) atoms. The molecule has 0 aliphatic carbocycles. The first-order valence-electron chi connectivity index (χ1n) is 9.68. The second kappa shape index (κ2) is 9.63. The molecule has 1 saturated heterocycles. The lowest BCUT2D eigenvalue weighted by molar-refractivity contribution is -0.116. The van der Waals surface area contributed by atoms with Gasteiger partial charge in [0.1, 0.15) is 0 Å². The third kappa shape index (κ3) is 5.87. The van der Waals surface area contributed by atoms with Crippen molar-refractivity contribution in [1.82, 2.24) is 9.88 Å². The molecule has 1 amide bonds. The Hall–Kier alpha value is -1.76. The summed E-state index contributed by atoms with van der Waals surface area (Å²) in [5, 5.41) is 4.04. The van der Waals surface area contributed by atoms with E-state index in [-0.39, 0.29) is 24.5 Å². The monoisotopic (exact) mass is 419 g/mol. The van der Waals surface area contributed by atoms with Crippen LogP contribution in [0.5, 0.6) is 0 Å². The normalized spacial score (nSPS) is 15.5. The molecule has 1 aliphatic rings. The van der Waals surface area contributed by atoms with E-state index in [4.69, 9.17) is 11.6 Å². The number of carbonyl (C=O) groups excluding carboxylic acids is 2. The van der Waals surface area contributed by atoms with E-state index in [1.54, 1.807) is 24.3 Å². The number of carbonyl (C=O) groups is 2. The van der Waals surface area contributed by atoms with Crippen molar-refractivity contribution in [3.05, 3.63) is 45.4 Å². The number of aromatic nitrogens is 1. The number of amides is 1. The number of likely N-dealkylation sites (tertiary alicyclic amines) is 1. The van der Waals surface area contributed by atoms with E-state index in [2.05, 4.69) is 22.1 Å². The minimum absolute atomic E-state index is 0.0675. The zero-order valence-corrected chi connectivity index (χ0v) is 17.9. The van der Waals surface area contributed by atoms with Crippen molar-refractivity contribution >= 4 is 39.8 Å². The highest BCUT2D eigenvalue weighted by Gasteiger charge is 2.19. The van der Waals surface area contributed by atoms with Crippen molar-refractivity contribution in [2.75, 3.05) is 18.4 Å². The van der Waals surface area contributed by atoms with Crippen molar-refractivity contribution in [3.63, 3.8) is 0 Å². The Bertz CT molecular complexity index is 827. The number of hydrogen-bond donors (Lipinski definition) is 1. The van der Waals surface area contributed by atoms with Gasteiger partial charge in [-0.1, -0.05) is 18.5 Å². The SMILES string of the molecule is Cc1nc(NC(=O)CCC(=O)c2ccc(Cl)cc2)sc1CN1CCC(C)CC1. The molecule has 0 saturated carbocycles. The maximum Gasteiger partial charge on any atom is 0.226 e. The lowest BCUT2D eigenvalue weighted by atomic mass is 9.99. The van der Waals surface area contributed by atoms with Gasteiger partial charge in [-0.25, -0.2) is 4.98 Å². The van der Waals surface area contributed by atoms with Crippen molar-refractivity contribution in [1.29, 1.82) is 0 Å². The number of hydrogen-bond acceptors (Lipinski definition) is 5. The fourth-order valence-corrected chi connectivity index (χ4v) is 4.39. The highest BCUT2D eigenvalue weighted by molar-refractivity contribution is 7.15. The third-order valence-electron chi connectivity index (χ3n) is 5.13. The molecule has 0 radical (unpaired) electrons. The van der Waals surface area contributed by atoms with E-state index in [1.807, 2.05) is 6.92 Å². The lowest BCUT2D eigenvalue weighted by Crippen LogP contribution is -2.32. The third-order valence-corrected chi connectivity index (χ3v) is 6.44. The van der Waals surface area contributed by atoms with Crippen LogP contribution in [0.15, 0.2) is 24.3 Å². The maximum absolute atomic E-state index is 12.2.